The third-order valence-corrected chi connectivity index (χ3v) is 3.89. The van der Waals surface area contributed by atoms with Gasteiger partial charge in [0.15, 0.2) is 3.01 Å². The molecule has 0 spiro atoms. The predicted molar refractivity (Wildman–Crippen MR) is 73.4 cm³/mol. The number of halogens is 1. The first-order valence-corrected chi connectivity index (χ1v) is 6.56. The van der Waals surface area contributed by atoms with Gasteiger partial charge in [0.25, 0.3) is 0 Å². The highest BCUT2D eigenvalue weighted by Gasteiger charge is 2.05. The van der Waals surface area contributed by atoms with Crippen LogP contribution in [0.2, 0.25) is 0 Å². The molecule has 0 atom stereocenters. The molecule has 5 heteroatoms. The van der Waals surface area contributed by atoms with Crippen molar-refractivity contribution in [2.24, 2.45) is 0 Å². The van der Waals surface area contributed by atoms with Gasteiger partial charge in [0.2, 0.25) is 0 Å². The van der Waals surface area contributed by atoms with Crippen LogP contribution in [0.25, 0.3) is 21.5 Å². The van der Waals surface area contributed by atoms with Crippen molar-refractivity contribution in [3.8, 4) is 10.6 Å². The van der Waals surface area contributed by atoms with Gasteiger partial charge in [-0.25, -0.2) is 0 Å². The zero-order valence-electron chi connectivity index (χ0n) is 8.09. The maximum Gasteiger partial charge on any atom is 0.178 e. The molecule has 2 aromatic heterocycles. The standard InChI is InChI=1S/C11H6IN3S/c12-11-15-14-10(16-11)8-3-4-9-7(6-8)2-1-5-13-9/h1-6H. The van der Waals surface area contributed by atoms with Gasteiger partial charge in [0, 0.05) is 17.1 Å². The summed E-state index contributed by atoms with van der Waals surface area (Å²) in [6.45, 7) is 0. The summed E-state index contributed by atoms with van der Waals surface area (Å²) in [5.41, 5.74) is 2.10. The lowest BCUT2D eigenvalue weighted by Crippen LogP contribution is -1.80. The summed E-state index contributed by atoms with van der Waals surface area (Å²) in [5.74, 6) is 0. The van der Waals surface area contributed by atoms with Gasteiger partial charge in [0.1, 0.15) is 5.01 Å². The van der Waals surface area contributed by atoms with Crippen LogP contribution in [0.3, 0.4) is 0 Å². The molecular formula is C11H6IN3S. The van der Waals surface area contributed by atoms with Crippen molar-refractivity contribution in [3.63, 3.8) is 0 Å². The molecular weight excluding hydrogens is 333 g/mol. The maximum atomic E-state index is 4.29. The van der Waals surface area contributed by atoms with Crippen molar-refractivity contribution in [1.82, 2.24) is 15.2 Å². The van der Waals surface area contributed by atoms with Crippen LogP contribution in [0.15, 0.2) is 36.5 Å². The van der Waals surface area contributed by atoms with Crippen LogP contribution in [0, 0.1) is 3.01 Å². The normalized spacial score (nSPS) is 10.8. The third kappa shape index (κ3) is 1.80. The van der Waals surface area contributed by atoms with Crippen molar-refractivity contribution in [1.29, 1.82) is 0 Å². The summed E-state index contributed by atoms with van der Waals surface area (Å²) in [6, 6.07) is 10.1. The van der Waals surface area contributed by atoms with Gasteiger partial charge >= 0.3 is 0 Å². The summed E-state index contributed by atoms with van der Waals surface area (Å²) in [6.07, 6.45) is 1.80. The molecule has 16 heavy (non-hydrogen) atoms. The van der Waals surface area contributed by atoms with E-state index in [0.29, 0.717) is 0 Å². The molecule has 2 heterocycles. The molecule has 1 aromatic carbocycles. The number of fused-ring (bicyclic) bond motifs is 1. The first-order valence-electron chi connectivity index (χ1n) is 4.67. The largest absolute Gasteiger partial charge is 0.256 e. The van der Waals surface area contributed by atoms with Crippen LogP contribution in [-0.4, -0.2) is 15.2 Å². The van der Waals surface area contributed by atoms with E-state index in [4.69, 9.17) is 0 Å². The monoisotopic (exact) mass is 339 g/mol. The van der Waals surface area contributed by atoms with E-state index in [9.17, 15) is 0 Å². The lowest BCUT2D eigenvalue weighted by molar-refractivity contribution is 1.07. The Labute approximate surface area is 110 Å². The first-order chi connectivity index (χ1) is 7.83. The second-order valence-electron chi connectivity index (χ2n) is 3.27. The molecule has 3 aromatic rings. The topological polar surface area (TPSA) is 38.7 Å². The lowest BCUT2D eigenvalue weighted by Gasteiger charge is -1.98. The van der Waals surface area contributed by atoms with Crippen LogP contribution < -0.4 is 0 Å². The number of rotatable bonds is 1. The van der Waals surface area contributed by atoms with Gasteiger partial charge in [-0.2, -0.15) is 0 Å². The summed E-state index contributed by atoms with van der Waals surface area (Å²) in [4.78, 5) is 4.29. The molecule has 0 fully saturated rings. The minimum absolute atomic E-state index is 0.954. The smallest absolute Gasteiger partial charge is 0.178 e. The average molecular weight is 339 g/mol. The first kappa shape index (κ1) is 10.1. The molecule has 0 aliphatic heterocycles. The van der Waals surface area contributed by atoms with Crippen LogP contribution in [0.4, 0.5) is 0 Å². The molecule has 78 valence electrons. The Balaban J connectivity index is 2.18. The number of hydrogen-bond donors (Lipinski definition) is 0. The summed E-state index contributed by atoms with van der Waals surface area (Å²) >= 11 is 3.77. The van der Waals surface area contributed by atoms with Gasteiger partial charge in [-0.3, -0.25) is 4.98 Å². The number of aromatic nitrogens is 3. The van der Waals surface area contributed by atoms with Crippen molar-refractivity contribution in [3.05, 3.63) is 39.5 Å². The Morgan fingerprint density at radius 1 is 1.12 bits per heavy atom. The minimum atomic E-state index is 0.954. The minimum Gasteiger partial charge on any atom is -0.256 e. The van der Waals surface area contributed by atoms with E-state index in [-0.39, 0.29) is 0 Å². The zero-order valence-corrected chi connectivity index (χ0v) is 11.1. The number of hydrogen-bond acceptors (Lipinski definition) is 4. The second-order valence-corrected chi connectivity index (χ2v) is 6.00. The summed E-state index contributed by atoms with van der Waals surface area (Å²) in [7, 11) is 0. The molecule has 3 rings (SSSR count). The quantitative estimate of drug-likeness (QED) is 0.638. The van der Waals surface area contributed by atoms with Crippen molar-refractivity contribution < 1.29 is 0 Å². The zero-order chi connectivity index (χ0) is 11.0. The fourth-order valence-electron chi connectivity index (χ4n) is 1.53. The highest BCUT2D eigenvalue weighted by Crippen LogP contribution is 2.26. The molecule has 0 aliphatic rings. The average Bonchev–Trinajstić information content (AvgIpc) is 2.75. The highest BCUT2D eigenvalue weighted by atomic mass is 127. The van der Waals surface area contributed by atoms with Crippen LogP contribution in [-0.2, 0) is 0 Å². The van der Waals surface area contributed by atoms with E-state index in [2.05, 4.69) is 49.9 Å². The van der Waals surface area contributed by atoms with Crippen molar-refractivity contribution >= 4 is 44.8 Å². The van der Waals surface area contributed by atoms with Crippen molar-refractivity contribution in [2.75, 3.05) is 0 Å². The third-order valence-electron chi connectivity index (χ3n) is 2.25. The Kier molecular flexibility index (Phi) is 2.56. The van der Waals surface area contributed by atoms with E-state index in [1.54, 1.807) is 17.5 Å². The summed E-state index contributed by atoms with van der Waals surface area (Å²) < 4.78 is 0.957. The molecule has 0 amide bonds. The van der Waals surface area contributed by atoms with Crippen molar-refractivity contribution in [2.45, 2.75) is 0 Å². The Morgan fingerprint density at radius 2 is 2.06 bits per heavy atom. The molecule has 0 N–H and O–H groups in total. The van der Waals surface area contributed by atoms with Gasteiger partial charge in [-0.1, -0.05) is 17.4 Å². The molecule has 0 unspecified atom stereocenters. The molecule has 0 aliphatic carbocycles. The van der Waals surface area contributed by atoms with Gasteiger partial charge < -0.3 is 0 Å². The molecule has 0 saturated carbocycles. The Morgan fingerprint density at radius 3 is 2.88 bits per heavy atom. The summed E-state index contributed by atoms with van der Waals surface area (Å²) in [5, 5.41) is 10.2. The van der Waals surface area contributed by atoms with E-state index < -0.39 is 0 Å². The highest BCUT2D eigenvalue weighted by molar-refractivity contribution is 14.1. The fraction of sp³-hybridized carbons (Fsp3) is 0. The van der Waals surface area contributed by atoms with E-state index >= 15 is 0 Å². The van der Waals surface area contributed by atoms with Crippen LogP contribution in [0.5, 0.6) is 0 Å². The fourth-order valence-corrected chi connectivity index (χ4v) is 2.83. The van der Waals surface area contributed by atoms with Gasteiger partial charge in [0.05, 0.1) is 5.52 Å². The SMILES string of the molecule is Ic1nnc(-c2ccc3ncccc3c2)s1. The van der Waals surface area contributed by atoms with Gasteiger partial charge in [-0.15, -0.1) is 10.2 Å². The predicted octanol–water partition coefficient (Wildman–Crippen LogP) is 3.36. The number of pyridine rings is 1. The number of benzene rings is 1. The molecule has 0 saturated heterocycles. The molecule has 0 radical (unpaired) electrons. The maximum absolute atomic E-state index is 4.29. The van der Waals surface area contributed by atoms with E-state index in [0.717, 1.165) is 24.5 Å². The molecule has 3 nitrogen and oxygen atoms in total. The molecule has 0 bridgehead atoms. The number of nitrogens with zero attached hydrogens (tertiary/aromatic N) is 3. The van der Waals surface area contributed by atoms with Crippen LogP contribution >= 0.6 is 33.9 Å². The second kappa shape index (κ2) is 4.06. The lowest BCUT2D eigenvalue weighted by atomic mass is 10.1. The van der Waals surface area contributed by atoms with Gasteiger partial charge in [-0.05, 0) is 46.9 Å². The van der Waals surface area contributed by atoms with E-state index in [1.165, 1.54) is 0 Å². The van der Waals surface area contributed by atoms with Crippen LogP contribution in [0.1, 0.15) is 0 Å². The Bertz CT molecular complexity index is 650. The van der Waals surface area contributed by atoms with E-state index in [1.807, 2.05) is 18.2 Å². The Hall–Kier alpha value is -1.08.